The van der Waals surface area contributed by atoms with Gasteiger partial charge in [-0.05, 0) is 62.0 Å². The summed E-state index contributed by atoms with van der Waals surface area (Å²) in [5.74, 6) is 0.432. The first-order valence-electron chi connectivity index (χ1n) is 8.81. The molecule has 0 aliphatic heterocycles. The number of rotatable bonds is 10. The number of carbonyl (C=O) groups is 1. The van der Waals surface area contributed by atoms with Gasteiger partial charge in [0.05, 0.1) is 11.5 Å². The van der Waals surface area contributed by atoms with Crippen LogP contribution in [0.4, 0.5) is 5.69 Å². The highest BCUT2D eigenvalue weighted by Gasteiger charge is 2.15. The standard InChI is InChI=1S/C19H25N3O4S/c1-3-20-13-14-21-19(23)15-5-11-18(12-6-15)27(24,25)22-16-7-9-17(10-8-16)26-4-2/h5-12,20,22H,3-4,13-14H2,1-2H3,(H,21,23). The fraction of sp³-hybridized carbons (Fsp3) is 0.316. The maximum absolute atomic E-state index is 12.5. The van der Waals surface area contributed by atoms with Crippen molar-refractivity contribution in [2.45, 2.75) is 18.7 Å². The Morgan fingerprint density at radius 2 is 1.63 bits per heavy atom. The Morgan fingerprint density at radius 1 is 0.963 bits per heavy atom. The number of likely N-dealkylation sites (N-methyl/N-ethyl adjacent to an activating group) is 1. The molecule has 0 bridgehead atoms. The predicted molar refractivity (Wildman–Crippen MR) is 106 cm³/mol. The third kappa shape index (κ3) is 6.26. The van der Waals surface area contributed by atoms with Gasteiger partial charge in [-0.3, -0.25) is 9.52 Å². The van der Waals surface area contributed by atoms with E-state index in [4.69, 9.17) is 4.74 Å². The summed E-state index contributed by atoms with van der Waals surface area (Å²) in [6.07, 6.45) is 0. The molecule has 0 atom stereocenters. The topological polar surface area (TPSA) is 96.5 Å². The van der Waals surface area contributed by atoms with E-state index in [0.29, 0.717) is 36.7 Å². The normalized spacial score (nSPS) is 11.0. The second-order valence-electron chi connectivity index (χ2n) is 5.70. The first kappa shape index (κ1) is 20.7. The van der Waals surface area contributed by atoms with Gasteiger partial charge >= 0.3 is 0 Å². The van der Waals surface area contributed by atoms with Gasteiger partial charge in [-0.1, -0.05) is 6.92 Å². The summed E-state index contributed by atoms with van der Waals surface area (Å²) >= 11 is 0. The van der Waals surface area contributed by atoms with Crippen LogP contribution in [0.2, 0.25) is 0 Å². The lowest BCUT2D eigenvalue weighted by molar-refractivity contribution is 0.0954. The smallest absolute Gasteiger partial charge is 0.261 e. The van der Waals surface area contributed by atoms with Crippen LogP contribution in [0.5, 0.6) is 5.75 Å². The molecule has 3 N–H and O–H groups in total. The van der Waals surface area contributed by atoms with Gasteiger partial charge in [0.1, 0.15) is 5.75 Å². The quantitative estimate of drug-likeness (QED) is 0.540. The first-order valence-corrected chi connectivity index (χ1v) is 10.3. The summed E-state index contributed by atoms with van der Waals surface area (Å²) in [7, 11) is -3.74. The highest BCUT2D eigenvalue weighted by atomic mass is 32.2. The number of sulfonamides is 1. The highest BCUT2D eigenvalue weighted by Crippen LogP contribution is 2.20. The van der Waals surface area contributed by atoms with Gasteiger partial charge in [-0.25, -0.2) is 8.42 Å². The zero-order chi connectivity index (χ0) is 19.7. The zero-order valence-corrected chi connectivity index (χ0v) is 16.3. The molecule has 8 heteroatoms. The van der Waals surface area contributed by atoms with Crippen molar-refractivity contribution in [3.05, 3.63) is 54.1 Å². The van der Waals surface area contributed by atoms with Crippen LogP contribution in [-0.4, -0.2) is 40.6 Å². The second kappa shape index (κ2) is 9.94. The van der Waals surface area contributed by atoms with Crippen LogP contribution in [-0.2, 0) is 10.0 Å². The van der Waals surface area contributed by atoms with Crippen LogP contribution in [0.15, 0.2) is 53.4 Å². The molecule has 0 aromatic heterocycles. The van der Waals surface area contributed by atoms with Crippen molar-refractivity contribution in [2.24, 2.45) is 0 Å². The van der Waals surface area contributed by atoms with Crippen LogP contribution >= 0.6 is 0 Å². The molecule has 0 saturated heterocycles. The number of nitrogens with one attached hydrogen (secondary N) is 3. The van der Waals surface area contributed by atoms with Crippen LogP contribution in [0.1, 0.15) is 24.2 Å². The molecular formula is C19H25N3O4S. The van der Waals surface area contributed by atoms with Gasteiger partial charge in [0.2, 0.25) is 0 Å². The SMILES string of the molecule is CCNCCNC(=O)c1ccc(S(=O)(=O)Nc2ccc(OCC)cc2)cc1. The van der Waals surface area contributed by atoms with Crippen LogP contribution in [0.3, 0.4) is 0 Å². The lowest BCUT2D eigenvalue weighted by Crippen LogP contribution is -2.31. The lowest BCUT2D eigenvalue weighted by atomic mass is 10.2. The van der Waals surface area contributed by atoms with E-state index in [1.807, 2.05) is 13.8 Å². The molecular weight excluding hydrogens is 366 g/mol. The van der Waals surface area contributed by atoms with Crippen molar-refractivity contribution in [1.82, 2.24) is 10.6 Å². The highest BCUT2D eigenvalue weighted by molar-refractivity contribution is 7.92. The summed E-state index contributed by atoms with van der Waals surface area (Å²) in [6.45, 7) is 6.43. The van der Waals surface area contributed by atoms with Gasteiger partial charge < -0.3 is 15.4 Å². The number of ether oxygens (including phenoxy) is 1. The van der Waals surface area contributed by atoms with E-state index in [0.717, 1.165) is 6.54 Å². The van der Waals surface area contributed by atoms with Crippen molar-refractivity contribution in [1.29, 1.82) is 0 Å². The van der Waals surface area contributed by atoms with Gasteiger partial charge in [-0.15, -0.1) is 0 Å². The van der Waals surface area contributed by atoms with Crippen molar-refractivity contribution in [3.63, 3.8) is 0 Å². The average Bonchev–Trinajstić information content (AvgIpc) is 2.67. The van der Waals surface area contributed by atoms with E-state index >= 15 is 0 Å². The van der Waals surface area contributed by atoms with Crippen LogP contribution in [0, 0.1) is 0 Å². The number of anilines is 1. The molecule has 2 aromatic carbocycles. The minimum absolute atomic E-state index is 0.0839. The molecule has 0 unspecified atom stereocenters. The number of carbonyl (C=O) groups excluding carboxylic acids is 1. The third-order valence-electron chi connectivity index (χ3n) is 3.68. The molecule has 0 saturated carbocycles. The Kier molecular flexibility index (Phi) is 7.63. The summed E-state index contributed by atoms with van der Waals surface area (Å²) in [5.41, 5.74) is 0.843. The minimum Gasteiger partial charge on any atom is -0.494 e. The van der Waals surface area contributed by atoms with Crippen molar-refractivity contribution < 1.29 is 17.9 Å². The van der Waals surface area contributed by atoms with E-state index in [2.05, 4.69) is 15.4 Å². The van der Waals surface area contributed by atoms with Crippen LogP contribution in [0.25, 0.3) is 0 Å². The number of hydrogen-bond acceptors (Lipinski definition) is 5. The molecule has 0 aliphatic carbocycles. The van der Waals surface area contributed by atoms with Crippen LogP contribution < -0.4 is 20.1 Å². The van der Waals surface area contributed by atoms with Gasteiger partial charge in [0.15, 0.2) is 0 Å². The van der Waals surface area contributed by atoms with E-state index in [1.54, 1.807) is 24.3 Å². The monoisotopic (exact) mass is 391 g/mol. The van der Waals surface area contributed by atoms with Crippen molar-refractivity contribution in [2.75, 3.05) is 31.0 Å². The summed E-state index contributed by atoms with van der Waals surface area (Å²) < 4.78 is 32.8. The van der Waals surface area contributed by atoms with Gasteiger partial charge in [-0.2, -0.15) is 0 Å². The summed E-state index contributed by atoms with van der Waals surface area (Å²) in [5, 5.41) is 5.88. The Balaban J connectivity index is 2.00. The number of amides is 1. The number of benzene rings is 2. The molecule has 0 heterocycles. The summed E-state index contributed by atoms with van der Waals surface area (Å²) in [4.78, 5) is 12.1. The van der Waals surface area contributed by atoms with Gasteiger partial charge in [0, 0.05) is 24.3 Å². The van der Waals surface area contributed by atoms with E-state index in [-0.39, 0.29) is 10.8 Å². The Hall–Kier alpha value is -2.58. The maximum Gasteiger partial charge on any atom is 0.261 e. The fourth-order valence-electron chi connectivity index (χ4n) is 2.33. The average molecular weight is 391 g/mol. The molecule has 146 valence electrons. The van der Waals surface area contributed by atoms with E-state index in [9.17, 15) is 13.2 Å². The molecule has 1 amide bonds. The third-order valence-corrected chi connectivity index (χ3v) is 5.08. The molecule has 0 aliphatic rings. The molecule has 0 fully saturated rings. The Labute approximate surface area is 160 Å². The Bertz CT molecular complexity index is 834. The second-order valence-corrected chi connectivity index (χ2v) is 7.38. The van der Waals surface area contributed by atoms with Crippen molar-refractivity contribution in [3.8, 4) is 5.75 Å². The Morgan fingerprint density at radius 3 is 2.22 bits per heavy atom. The molecule has 27 heavy (non-hydrogen) atoms. The number of hydrogen-bond donors (Lipinski definition) is 3. The fourth-order valence-corrected chi connectivity index (χ4v) is 3.39. The molecule has 7 nitrogen and oxygen atoms in total. The first-order chi connectivity index (χ1) is 13.0. The molecule has 2 aromatic rings. The largest absolute Gasteiger partial charge is 0.494 e. The zero-order valence-electron chi connectivity index (χ0n) is 15.5. The maximum atomic E-state index is 12.5. The lowest BCUT2D eigenvalue weighted by Gasteiger charge is -2.10. The van der Waals surface area contributed by atoms with Crippen molar-refractivity contribution >= 4 is 21.6 Å². The predicted octanol–water partition coefficient (Wildman–Crippen LogP) is 2.23. The summed E-state index contributed by atoms with van der Waals surface area (Å²) in [6, 6.07) is 12.5. The molecule has 0 spiro atoms. The van der Waals surface area contributed by atoms with Gasteiger partial charge in [0.25, 0.3) is 15.9 Å². The minimum atomic E-state index is -3.74. The molecule has 0 radical (unpaired) electrons. The van der Waals surface area contributed by atoms with E-state index < -0.39 is 10.0 Å². The van der Waals surface area contributed by atoms with E-state index in [1.165, 1.54) is 24.3 Å². The molecule has 2 rings (SSSR count).